The van der Waals surface area contributed by atoms with Gasteiger partial charge in [0.1, 0.15) is 11.6 Å². The lowest BCUT2D eigenvalue weighted by Gasteiger charge is -2.36. The SMILES string of the molecule is CC(C)(C)[Si](C)(C)Cl.CN(CCO)c1ccc(Br)cn1.CN(CCO[Si](C)(C)C(C)(C)C)c1ccc(Br)cn1. The van der Waals surface area contributed by atoms with E-state index in [4.69, 9.17) is 20.6 Å². The van der Waals surface area contributed by atoms with Gasteiger partial charge in [0.2, 0.25) is 0 Å². The van der Waals surface area contributed by atoms with Crippen molar-refractivity contribution in [2.75, 3.05) is 50.2 Å². The summed E-state index contributed by atoms with van der Waals surface area (Å²) in [5.74, 6) is 1.84. The quantitative estimate of drug-likeness (QED) is 0.217. The van der Waals surface area contributed by atoms with Crippen LogP contribution in [0.5, 0.6) is 0 Å². The van der Waals surface area contributed by atoms with E-state index in [2.05, 4.69) is 114 Å². The van der Waals surface area contributed by atoms with Gasteiger partial charge in [0.15, 0.2) is 15.7 Å². The fourth-order valence-corrected chi connectivity index (χ4v) is 3.72. The van der Waals surface area contributed by atoms with Crippen molar-refractivity contribution in [3.8, 4) is 0 Å². The highest BCUT2D eigenvalue weighted by atomic mass is 79.9. The summed E-state index contributed by atoms with van der Waals surface area (Å²) in [6.07, 6.45) is 3.56. The van der Waals surface area contributed by atoms with Gasteiger partial charge in [0, 0.05) is 48.5 Å². The zero-order valence-corrected chi connectivity index (χ0v) is 32.0. The van der Waals surface area contributed by atoms with Gasteiger partial charge >= 0.3 is 0 Å². The molecule has 0 aliphatic heterocycles. The Hall–Kier alpha value is -0.496. The second-order valence-electron chi connectivity index (χ2n) is 12.6. The number of anilines is 2. The molecule has 0 spiro atoms. The maximum Gasteiger partial charge on any atom is 0.192 e. The maximum absolute atomic E-state index is 8.67. The highest BCUT2D eigenvalue weighted by Gasteiger charge is 2.37. The molecule has 224 valence electrons. The van der Waals surface area contributed by atoms with Crippen LogP contribution in [0.15, 0.2) is 45.6 Å². The number of nitrogens with zero attached hydrogens (tertiary/aromatic N) is 4. The van der Waals surface area contributed by atoms with Crippen LogP contribution in [0.1, 0.15) is 41.5 Å². The summed E-state index contributed by atoms with van der Waals surface area (Å²) < 4.78 is 8.13. The molecule has 1 N–H and O–H groups in total. The molecule has 2 aromatic rings. The summed E-state index contributed by atoms with van der Waals surface area (Å²) in [6, 6.07) is 7.85. The fraction of sp³-hybridized carbons (Fsp3) is 0.643. The van der Waals surface area contributed by atoms with E-state index in [9.17, 15) is 0 Å². The molecule has 2 aromatic heterocycles. The molecule has 0 saturated carbocycles. The summed E-state index contributed by atoms with van der Waals surface area (Å²) in [4.78, 5) is 12.6. The van der Waals surface area contributed by atoms with Gasteiger partial charge in [-0.25, -0.2) is 9.97 Å². The molecule has 11 heteroatoms. The molecule has 0 amide bonds. The Balaban J connectivity index is 0.000000616. The minimum atomic E-state index is -1.64. The van der Waals surface area contributed by atoms with E-state index in [1.807, 2.05) is 49.5 Å². The van der Waals surface area contributed by atoms with Crippen molar-refractivity contribution < 1.29 is 9.53 Å². The smallest absolute Gasteiger partial charge is 0.192 e. The number of aliphatic hydroxyl groups is 1. The van der Waals surface area contributed by atoms with E-state index in [0.29, 0.717) is 11.6 Å². The van der Waals surface area contributed by atoms with Crippen molar-refractivity contribution in [1.29, 1.82) is 0 Å². The topological polar surface area (TPSA) is 61.7 Å². The predicted molar refractivity (Wildman–Crippen MR) is 184 cm³/mol. The molecule has 0 unspecified atom stereocenters. The summed E-state index contributed by atoms with van der Waals surface area (Å²) >= 11 is 12.8. The molecule has 2 heterocycles. The van der Waals surface area contributed by atoms with Crippen molar-refractivity contribution >= 4 is 70.3 Å². The number of halogens is 3. The Morgan fingerprint density at radius 1 is 0.795 bits per heavy atom. The third-order valence-corrected chi connectivity index (χ3v) is 17.9. The number of hydrogen-bond acceptors (Lipinski definition) is 6. The van der Waals surface area contributed by atoms with Crippen LogP contribution in [0.25, 0.3) is 0 Å². The summed E-state index contributed by atoms with van der Waals surface area (Å²) in [5, 5.41) is 9.28. The van der Waals surface area contributed by atoms with E-state index in [0.717, 1.165) is 33.7 Å². The van der Waals surface area contributed by atoms with Crippen molar-refractivity contribution in [2.45, 2.75) is 77.8 Å². The number of hydrogen-bond donors (Lipinski definition) is 1. The van der Waals surface area contributed by atoms with Crippen LogP contribution in [0.4, 0.5) is 11.6 Å². The molecule has 0 aliphatic carbocycles. The van der Waals surface area contributed by atoms with Crippen LogP contribution < -0.4 is 9.80 Å². The number of likely N-dealkylation sites (N-methyl/N-ethyl adjacent to an activating group) is 2. The van der Waals surface area contributed by atoms with Gasteiger partial charge in [-0.15, -0.1) is 0 Å². The molecule has 0 fully saturated rings. The number of aliphatic hydroxyl groups excluding tert-OH is 1. The molecule has 39 heavy (non-hydrogen) atoms. The van der Waals surface area contributed by atoms with E-state index in [1.165, 1.54) is 0 Å². The molecule has 2 rings (SSSR count). The first kappa shape index (κ1) is 38.5. The number of pyridine rings is 2. The fourth-order valence-electron chi connectivity index (χ4n) is 2.22. The van der Waals surface area contributed by atoms with E-state index < -0.39 is 15.7 Å². The first-order chi connectivity index (χ1) is 17.6. The van der Waals surface area contributed by atoms with Gasteiger partial charge in [0.05, 0.1) is 13.2 Å². The van der Waals surface area contributed by atoms with Crippen LogP contribution in [-0.4, -0.2) is 71.2 Å². The molecule has 0 radical (unpaired) electrons. The van der Waals surface area contributed by atoms with E-state index >= 15 is 0 Å². The zero-order chi connectivity index (χ0) is 30.7. The first-order valence-electron chi connectivity index (χ1n) is 13.2. The normalized spacial score (nSPS) is 12.1. The predicted octanol–water partition coefficient (Wildman–Crippen LogP) is 8.81. The van der Waals surface area contributed by atoms with E-state index in [-0.39, 0.29) is 11.6 Å². The molecule has 0 aliphatic rings. The lowest BCUT2D eigenvalue weighted by atomic mass is 10.2. The summed E-state index contributed by atoms with van der Waals surface area (Å²) in [7, 11) is 0.919. The van der Waals surface area contributed by atoms with E-state index in [1.54, 1.807) is 6.20 Å². The second kappa shape index (κ2) is 16.8. The third kappa shape index (κ3) is 15.3. The Bertz CT molecular complexity index is 935. The zero-order valence-electron chi connectivity index (χ0n) is 26.1. The Labute approximate surface area is 262 Å². The first-order valence-corrected chi connectivity index (χ1v) is 21.7. The van der Waals surface area contributed by atoms with Gasteiger partial charge in [-0.05, 0) is 79.3 Å². The van der Waals surface area contributed by atoms with Crippen LogP contribution in [-0.2, 0) is 4.43 Å². The summed E-state index contributed by atoms with van der Waals surface area (Å²) in [5.41, 5.74) is 0. The Morgan fingerprint density at radius 3 is 1.46 bits per heavy atom. The van der Waals surface area contributed by atoms with Crippen LogP contribution in [0, 0.1) is 0 Å². The van der Waals surface area contributed by atoms with Crippen LogP contribution in [0.2, 0.25) is 36.3 Å². The van der Waals surface area contributed by atoms with Gasteiger partial charge < -0.3 is 19.3 Å². The minimum absolute atomic E-state index is 0.147. The second-order valence-corrected chi connectivity index (χ2v) is 26.5. The lowest BCUT2D eigenvalue weighted by Crippen LogP contribution is -2.42. The number of aromatic nitrogens is 2. The van der Waals surface area contributed by atoms with Crippen molar-refractivity contribution in [3.63, 3.8) is 0 Å². The summed E-state index contributed by atoms with van der Waals surface area (Å²) in [6.45, 7) is 24.7. The van der Waals surface area contributed by atoms with Crippen molar-refractivity contribution in [2.24, 2.45) is 0 Å². The van der Waals surface area contributed by atoms with Crippen LogP contribution in [0.3, 0.4) is 0 Å². The van der Waals surface area contributed by atoms with Gasteiger partial charge in [-0.2, -0.15) is 11.1 Å². The molecular weight excluding hydrogens is 676 g/mol. The number of rotatable bonds is 8. The molecular formula is C28H51Br2ClN4O2Si2. The minimum Gasteiger partial charge on any atom is -0.415 e. The lowest BCUT2D eigenvalue weighted by molar-refractivity contribution is 0.295. The molecule has 0 atom stereocenters. The highest BCUT2D eigenvalue weighted by molar-refractivity contribution is 9.10. The molecule has 0 aromatic carbocycles. The third-order valence-electron chi connectivity index (χ3n) is 7.12. The van der Waals surface area contributed by atoms with Gasteiger partial charge in [-0.3, -0.25) is 0 Å². The Morgan fingerprint density at radius 2 is 1.18 bits per heavy atom. The van der Waals surface area contributed by atoms with Gasteiger partial charge in [-0.1, -0.05) is 54.6 Å². The largest absolute Gasteiger partial charge is 0.415 e. The standard InChI is InChI=1S/C14H25BrN2OSi.C8H11BrN2O.C6H15ClSi/c1-14(2,3)19(5,6)18-10-9-17(4)13-8-7-12(15)11-16-13;1-11(4-5-12)8-3-2-7(9)6-10-8;1-6(2,3)8(4,5)7/h7-8,11H,9-10H2,1-6H3;2-3,6,12H,4-5H2,1H3;1-5H3. The molecule has 0 bridgehead atoms. The molecule has 6 nitrogen and oxygen atoms in total. The van der Waals surface area contributed by atoms with Crippen LogP contribution >= 0.6 is 42.9 Å². The van der Waals surface area contributed by atoms with Gasteiger partial charge in [0.25, 0.3) is 0 Å². The average molecular weight is 727 g/mol. The molecule has 0 saturated heterocycles. The van der Waals surface area contributed by atoms with Crippen molar-refractivity contribution in [1.82, 2.24) is 9.97 Å². The Kier molecular flexibility index (Phi) is 16.6. The van der Waals surface area contributed by atoms with Crippen molar-refractivity contribution in [3.05, 3.63) is 45.6 Å². The average Bonchev–Trinajstić information content (AvgIpc) is 2.79. The monoisotopic (exact) mass is 724 g/mol. The maximum atomic E-state index is 8.67. The highest BCUT2D eigenvalue weighted by Crippen LogP contribution is 2.38.